The highest BCUT2D eigenvalue weighted by atomic mass is 16.5. The fourth-order valence-electron chi connectivity index (χ4n) is 1.28. The minimum atomic E-state index is -1.08. The molecule has 5 nitrogen and oxygen atoms in total. The monoisotopic (exact) mass is 248 g/mol. The molecule has 1 aromatic rings. The zero-order valence-corrected chi connectivity index (χ0v) is 9.67. The molecule has 18 heavy (non-hydrogen) atoms. The third-order valence-corrected chi connectivity index (χ3v) is 2.04. The summed E-state index contributed by atoms with van der Waals surface area (Å²) in [6, 6.07) is 2.98. The van der Waals surface area contributed by atoms with Crippen molar-refractivity contribution < 1.29 is 24.9 Å². The molecule has 0 saturated carbocycles. The molecule has 0 unspecified atom stereocenters. The predicted molar refractivity (Wildman–Crippen MR) is 65.3 cm³/mol. The molecular weight excluding hydrogens is 236 g/mol. The number of phenolic OH excluding ortho intramolecular Hbond substituents is 1. The minimum Gasteiger partial charge on any atom is -0.503 e. The molecule has 0 aliphatic rings. The van der Waals surface area contributed by atoms with Gasteiger partial charge in [0, 0.05) is 6.08 Å². The van der Waals surface area contributed by atoms with E-state index in [0.29, 0.717) is 5.56 Å². The van der Waals surface area contributed by atoms with Crippen LogP contribution in [0.25, 0.3) is 6.08 Å². The summed E-state index contributed by atoms with van der Waals surface area (Å²) in [5, 5.41) is 26.9. The topological polar surface area (TPSA) is 87.0 Å². The highest BCUT2D eigenvalue weighted by Crippen LogP contribution is 2.31. The first-order chi connectivity index (χ1) is 8.58. The number of carboxylic acid groups (broad SMARTS) is 1. The predicted octanol–water partition coefficient (Wildman–Crippen LogP) is 0.842. The second-order valence-electron chi connectivity index (χ2n) is 3.25. The lowest BCUT2D eigenvalue weighted by Gasteiger charge is -2.06. The van der Waals surface area contributed by atoms with E-state index in [1.54, 1.807) is 0 Å². The molecule has 5 heteroatoms. The summed E-state index contributed by atoms with van der Waals surface area (Å²) in [6.45, 7) is -0.336. The van der Waals surface area contributed by atoms with Gasteiger partial charge in [0.2, 0.25) is 0 Å². The van der Waals surface area contributed by atoms with E-state index in [-0.39, 0.29) is 23.7 Å². The van der Waals surface area contributed by atoms with Crippen LogP contribution in [0.1, 0.15) is 11.1 Å². The van der Waals surface area contributed by atoms with Gasteiger partial charge in [-0.25, -0.2) is 4.79 Å². The van der Waals surface area contributed by atoms with Crippen LogP contribution in [0.4, 0.5) is 0 Å². The zero-order chi connectivity index (χ0) is 13.5. The lowest BCUT2D eigenvalue weighted by molar-refractivity contribution is -0.131. The number of methoxy groups -OCH3 is 1. The molecule has 0 atom stereocenters. The molecule has 94 valence electrons. The van der Waals surface area contributed by atoms with Crippen molar-refractivity contribution in [3.63, 3.8) is 0 Å². The van der Waals surface area contributed by atoms with E-state index in [2.05, 4.69) is 11.8 Å². The lowest BCUT2D eigenvalue weighted by Crippen LogP contribution is -1.90. The molecule has 0 aliphatic heterocycles. The van der Waals surface area contributed by atoms with Gasteiger partial charge in [0.15, 0.2) is 11.5 Å². The molecular formula is C13H12O5. The molecule has 0 heterocycles. The largest absolute Gasteiger partial charge is 0.503 e. The quantitative estimate of drug-likeness (QED) is 0.545. The Morgan fingerprint density at radius 2 is 2.22 bits per heavy atom. The Bertz CT molecular complexity index is 534. The molecule has 0 bridgehead atoms. The number of aromatic hydroxyl groups is 1. The number of aliphatic carboxylic acids is 1. The smallest absolute Gasteiger partial charge is 0.328 e. The van der Waals surface area contributed by atoms with Crippen LogP contribution in [-0.2, 0) is 4.79 Å². The molecule has 0 fully saturated rings. The first-order valence-electron chi connectivity index (χ1n) is 5.00. The van der Waals surface area contributed by atoms with Crippen LogP contribution >= 0.6 is 0 Å². The van der Waals surface area contributed by atoms with Crippen molar-refractivity contribution in [2.24, 2.45) is 0 Å². The maximum absolute atomic E-state index is 10.4. The van der Waals surface area contributed by atoms with Gasteiger partial charge in [0.25, 0.3) is 0 Å². The third kappa shape index (κ3) is 3.54. The number of carboxylic acids is 1. The van der Waals surface area contributed by atoms with Gasteiger partial charge in [0.05, 0.1) is 12.7 Å². The normalized spacial score (nSPS) is 9.89. The standard InChI is InChI=1S/C13H12O5/c1-18-11-8-9(4-5-12(15)16)7-10(13(11)17)3-2-6-14/h4-5,7-8,14,17H,6H2,1H3,(H,15,16). The van der Waals surface area contributed by atoms with Crippen LogP contribution < -0.4 is 4.74 Å². The number of rotatable bonds is 3. The average molecular weight is 248 g/mol. The molecule has 3 N–H and O–H groups in total. The maximum atomic E-state index is 10.4. The molecule has 0 amide bonds. The summed E-state index contributed by atoms with van der Waals surface area (Å²) in [7, 11) is 1.38. The van der Waals surface area contributed by atoms with Gasteiger partial charge in [-0.05, 0) is 23.8 Å². The molecule has 0 radical (unpaired) electrons. The number of carbonyl (C=O) groups is 1. The van der Waals surface area contributed by atoms with Crippen molar-refractivity contribution >= 4 is 12.0 Å². The van der Waals surface area contributed by atoms with E-state index in [9.17, 15) is 9.90 Å². The summed E-state index contributed by atoms with van der Waals surface area (Å²) in [6.07, 6.45) is 2.32. The van der Waals surface area contributed by atoms with Crippen molar-refractivity contribution in [2.45, 2.75) is 0 Å². The van der Waals surface area contributed by atoms with Crippen molar-refractivity contribution in [1.29, 1.82) is 0 Å². The van der Waals surface area contributed by atoms with E-state index in [4.69, 9.17) is 14.9 Å². The van der Waals surface area contributed by atoms with E-state index < -0.39 is 5.97 Å². The average Bonchev–Trinajstić information content (AvgIpc) is 2.35. The van der Waals surface area contributed by atoms with Gasteiger partial charge < -0.3 is 20.1 Å². The van der Waals surface area contributed by atoms with E-state index in [0.717, 1.165) is 6.08 Å². The summed E-state index contributed by atoms with van der Waals surface area (Å²) < 4.78 is 4.95. The fraction of sp³-hybridized carbons (Fsp3) is 0.154. The van der Waals surface area contributed by atoms with Gasteiger partial charge >= 0.3 is 5.97 Å². The van der Waals surface area contributed by atoms with E-state index >= 15 is 0 Å². The van der Waals surface area contributed by atoms with Gasteiger partial charge in [0.1, 0.15) is 6.61 Å². The highest BCUT2D eigenvalue weighted by molar-refractivity contribution is 5.85. The molecule has 1 rings (SSSR count). The fourth-order valence-corrected chi connectivity index (χ4v) is 1.28. The van der Waals surface area contributed by atoms with Crippen LogP contribution in [0.2, 0.25) is 0 Å². The Balaban J connectivity index is 3.25. The number of hydrogen-bond acceptors (Lipinski definition) is 4. The Morgan fingerprint density at radius 1 is 1.50 bits per heavy atom. The van der Waals surface area contributed by atoms with Crippen molar-refractivity contribution in [3.05, 3.63) is 29.3 Å². The number of hydrogen-bond donors (Lipinski definition) is 3. The first kappa shape index (κ1) is 13.6. The second kappa shape index (κ2) is 6.33. The Morgan fingerprint density at radius 3 is 2.78 bits per heavy atom. The molecule has 0 aromatic heterocycles. The van der Waals surface area contributed by atoms with Gasteiger partial charge in [-0.3, -0.25) is 0 Å². The number of aliphatic hydroxyl groups excluding tert-OH is 1. The zero-order valence-electron chi connectivity index (χ0n) is 9.67. The van der Waals surface area contributed by atoms with Crippen LogP contribution in [0.5, 0.6) is 11.5 Å². The first-order valence-corrected chi connectivity index (χ1v) is 5.00. The van der Waals surface area contributed by atoms with E-state index in [1.807, 2.05) is 0 Å². The molecule has 1 aromatic carbocycles. The Kier molecular flexibility index (Phi) is 4.78. The van der Waals surface area contributed by atoms with Crippen LogP contribution in [0, 0.1) is 11.8 Å². The van der Waals surface area contributed by atoms with Gasteiger partial charge in [-0.2, -0.15) is 0 Å². The number of aliphatic hydroxyl groups is 1. The van der Waals surface area contributed by atoms with Crippen molar-refractivity contribution in [3.8, 4) is 23.3 Å². The van der Waals surface area contributed by atoms with Crippen molar-refractivity contribution in [2.75, 3.05) is 13.7 Å². The number of phenols is 1. The van der Waals surface area contributed by atoms with Crippen molar-refractivity contribution in [1.82, 2.24) is 0 Å². The van der Waals surface area contributed by atoms with Gasteiger partial charge in [-0.1, -0.05) is 11.8 Å². The molecule has 0 aliphatic carbocycles. The SMILES string of the molecule is COc1cc(C=CC(=O)O)cc(C#CCO)c1O. The highest BCUT2D eigenvalue weighted by Gasteiger charge is 2.08. The maximum Gasteiger partial charge on any atom is 0.328 e. The van der Waals surface area contributed by atoms with E-state index in [1.165, 1.54) is 25.3 Å². The number of benzene rings is 1. The van der Waals surface area contributed by atoms with Crippen LogP contribution in [0.15, 0.2) is 18.2 Å². The third-order valence-electron chi connectivity index (χ3n) is 2.04. The van der Waals surface area contributed by atoms with Crippen LogP contribution in [0.3, 0.4) is 0 Å². The van der Waals surface area contributed by atoms with Gasteiger partial charge in [-0.15, -0.1) is 0 Å². The summed E-state index contributed by atoms with van der Waals surface area (Å²) >= 11 is 0. The summed E-state index contributed by atoms with van der Waals surface area (Å²) in [5.41, 5.74) is 0.780. The molecule has 0 saturated heterocycles. The Labute approximate surface area is 104 Å². The lowest BCUT2D eigenvalue weighted by atomic mass is 10.1. The minimum absolute atomic E-state index is 0.147. The Hall–Kier alpha value is -2.45. The summed E-state index contributed by atoms with van der Waals surface area (Å²) in [5.74, 6) is 3.91. The second-order valence-corrected chi connectivity index (χ2v) is 3.25. The molecule has 0 spiro atoms. The number of ether oxygens (including phenoxy) is 1. The van der Waals surface area contributed by atoms with Crippen LogP contribution in [-0.4, -0.2) is 35.0 Å². The summed E-state index contributed by atoms with van der Waals surface area (Å²) in [4.78, 5) is 10.4.